The number of rotatable bonds is 3. The van der Waals surface area contributed by atoms with Gasteiger partial charge in [-0.2, -0.15) is 5.10 Å². The fourth-order valence-corrected chi connectivity index (χ4v) is 4.62. The zero-order chi connectivity index (χ0) is 18.2. The molecule has 25 heavy (non-hydrogen) atoms. The van der Waals surface area contributed by atoms with Crippen molar-refractivity contribution < 1.29 is 17.6 Å². The van der Waals surface area contributed by atoms with Gasteiger partial charge in [-0.25, -0.2) is 12.8 Å². The molecule has 3 rings (SSSR count). The van der Waals surface area contributed by atoms with Crippen LogP contribution in [0.5, 0.6) is 0 Å². The topological polar surface area (TPSA) is 72.3 Å². The summed E-state index contributed by atoms with van der Waals surface area (Å²) in [6.45, 7) is 1.83. The Labute approximate surface area is 146 Å². The Morgan fingerprint density at radius 2 is 2.16 bits per heavy atom. The minimum Gasteiger partial charge on any atom is -0.333 e. The number of carbonyl (C=O) groups is 1. The van der Waals surface area contributed by atoms with Crippen LogP contribution in [0.1, 0.15) is 30.0 Å². The van der Waals surface area contributed by atoms with Gasteiger partial charge in [0.1, 0.15) is 5.82 Å². The Morgan fingerprint density at radius 3 is 2.80 bits per heavy atom. The third-order valence-electron chi connectivity index (χ3n) is 4.54. The van der Waals surface area contributed by atoms with Crippen LogP contribution in [0, 0.1) is 5.82 Å². The highest BCUT2D eigenvalue weighted by Crippen LogP contribution is 2.30. The maximum atomic E-state index is 13.5. The molecular weight excluding hydrogens is 345 g/mol. The van der Waals surface area contributed by atoms with Crippen LogP contribution in [0.15, 0.2) is 36.7 Å². The molecule has 1 saturated heterocycles. The molecule has 2 heterocycles. The normalized spacial score (nSPS) is 21.1. The molecule has 8 heteroatoms. The Bertz CT molecular complexity index is 894. The van der Waals surface area contributed by atoms with Crippen molar-refractivity contribution in [1.82, 2.24) is 14.7 Å². The molecule has 0 bridgehead atoms. The summed E-state index contributed by atoms with van der Waals surface area (Å²) in [6.07, 6.45) is 3.30. The molecule has 1 fully saturated rings. The van der Waals surface area contributed by atoms with E-state index in [1.807, 2.05) is 0 Å². The minimum absolute atomic E-state index is 0.0641. The van der Waals surface area contributed by atoms with E-state index in [1.54, 1.807) is 48.1 Å². The van der Waals surface area contributed by atoms with Crippen LogP contribution in [0.25, 0.3) is 0 Å². The lowest BCUT2D eigenvalue weighted by Gasteiger charge is -2.36. The van der Waals surface area contributed by atoms with E-state index in [0.717, 1.165) is 0 Å². The smallest absolute Gasteiger partial charge is 0.230 e. The first-order valence-corrected chi connectivity index (χ1v) is 9.84. The van der Waals surface area contributed by atoms with Crippen LogP contribution in [0.2, 0.25) is 0 Å². The first-order chi connectivity index (χ1) is 11.8. The lowest BCUT2D eigenvalue weighted by molar-refractivity contribution is -0.134. The predicted octanol–water partition coefficient (Wildman–Crippen LogP) is 1.66. The molecule has 0 spiro atoms. The number of aromatic nitrogens is 2. The van der Waals surface area contributed by atoms with Crippen LogP contribution < -0.4 is 0 Å². The van der Waals surface area contributed by atoms with Crippen LogP contribution >= 0.6 is 0 Å². The molecule has 0 radical (unpaired) electrons. The Kier molecular flexibility index (Phi) is 4.64. The maximum Gasteiger partial charge on any atom is 0.230 e. The average Bonchev–Trinajstić information content (AvgIpc) is 2.99. The van der Waals surface area contributed by atoms with Crippen molar-refractivity contribution in [3.05, 3.63) is 53.6 Å². The van der Waals surface area contributed by atoms with Crippen LogP contribution in [-0.2, 0) is 21.7 Å². The highest BCUT2D eigenvalue weighted by molar-refractivity contribution is 7.91. The minimum atomic E-state index is -3.23. The van der Waals surface area contributed by atoms with Gasteiger partial charge in [-0.05, 0) is 24.6 Å². The Morgan fingerprint density at radius 1 is 1.40 bits per heavy atom. The average molecular weight is 365 g/mol. The standard InChI is InChI=1S/C17H20FN3O3S/c1-12(13-4-3-5-15(18)8-13)17(22)21-6-7-25(23,24)11-16(21)14-9-19-20(2)10-14/h3-5,8-10,12,16H,6-7,11H2,1-2H3. The largest absolute Gasteiger partial charge is 0.333 e. The number of nitrogens with zero attached hydrogens (tertiary/aromatic N) is 3. The van der Waals surface area contributed by atoms with E-state index in [4.69, 9.17) is 0 Å². The molecule has 6 nitrogen and oxygen atoms in total. The number of hydrogen-bond donors (Lipinski definition) is 0. The lowest BCUT2D eigenvalue weighted by atomic mass is 9.98. The van der Waals surface area contributed by atoms with Crippen LogP contribution in [0.4, 0.5) is 4.39 Å². The number of sulfone groups is 1. The predicted molar refractivity (Wildman–Crippen MR) is 91.1 cm³/mol. The molecule has 134 valence electrons. The summed E-state index contributed by atoms with van der Waals surface area (Å²) in [4.78, 5) is 14.6. The third kappa shape index (κ3) is 3.73. The van der Waals surface area contributed by atoms with Gasteiger partial charge in [0.05, 0.1) is 29.7 Å². The molecule has 1 aliphatic heterocycles. The summed E-state index contributed by atoms with van der Waals surface area (Å²) < 4.78 is 39.2. The van der Waals surface area contributed by atoms with Gasteiger partial charge in [-0.15, -0.1) is 0 Å². The second kappa shape index (κ2) is 6.59. The SMILES string of the molecule is CC(C(=O)N1CCS(=O)(=O)CC1c1cnn(C)c1)c1cccc(F)c1. The molecule has 0 aliphatic carbocycles. The molecule has 1 aromatic carbocycles. The van der Waals surface area contributed by atoms with Gasteiger partial charge in [-0.3, -0.25) is 9.48 Å². The van der Waals surface area contributed by atoms with E-state index in [2.05, 4.69) is 5.10 Å². The molecule has 0 N–H and O–H groups in total. The number of halogens is 1. The maximum absolute atomic E-state index is 13.5. The van der Waals surface area contributed by atoms with E-state index in [9.17, 15) is 17.6 Å². The van der Waals surface area contributed by atoms with Crippen molar-refractivity contribution in [2.75, 3.05) is 18.1 Å². The number of amides is 1. The highest BCUT2D eigenvalue weighted by Gasteiger charge is 2.37. The van der Waals surface area contributed by atoms with Crippen LogP contribution in [-0.4, -0.2) is 47.1 Å². The number of carbonyl (C=O) groups excluding carboxylic acids is 1. The number of aryl methyl sites for hydroxylation is 1. The van der Waals surface area contributed by atoms with Crippen molar-refractivity contribution in [3.8, 4) is 0 Å². The van der Waals surface area contributed by atoms with Crippen LogP contribution in [0.3, 0.4) is 0 Å². The molecule has 2 atom stereocenters. The van der Waals surface area contributed by atoms with E-state index in [1.165, 1.54) is 12.1 Å². The first kappa shape index (κ1) is 17.6. The van der Waals surface area contributed by atoms with E-state index in [0.29, 0.717) is 11.1 Å². The Hall–Kier alpha value is -2.22. The van der Waals surface area contributed by atoms with Crippen molar-refractivity contribution in [2.45, 2.75) is 18.9 Å². The van der Waals surface area contributed by atoms with Crippen molar-refractivity contribution in [2.24, 2.45) is 7.05 Å². The summed E-state index contributed by atoms with van der Waals surface area (Å²) in [5.41, 5.74) is 1.26. The molecule has 1 aliphatic rings. The van der Waals surface area contributed by atoms with Crippen molar-refractivity contribution in [1.29, 1.82) is 0 Å². The Balaban J connectivity index is 1.91. The molecule has 1 amide bonds. The zero-order valence-corrected chi connectivity index (χ0v) is 14.9. The first-order valence-electron chi connectivity index (χ1n) is 8.02. The van der Waals surface area contributed by atoms with Gasteiger partial charge in [0.25, 0.3) is 0 Å². The lowest BCUT2D eigenvalue weighted by Crippen LogP contribution is -2.47. The van der Waals surface area contributed by atoms with Gasteiger partial charge < -0.3 is 4.90 Å². The van der Waals surface area contributed by atoms with Crippen molar-refractivity contribution in [3.63, 3.8) is 0 Å². The fourth-order valence-electron chi connectivity index (χ4n) is 3.13. The quantitative estimate of drug-likeness (QED) is 0.829. The molecule has 0 saturated carbocycles. The second-order valence-electron chi connectivity index (χ2n) is 6.39. The fraction of sp³-hybridized carbons (Fsp3) is 0.412. The summed E-state index contributed by atoms with van der Waals surface area (Å²) in [5, 5.41) is 4.08. The zero-order valence-electron chi connectivity index (χ0n) is 14.1. The van der Waals surface area contributed by atoms with Gasteiger partial charge in [0, 0.05) is 25.4 Å². The van der Waals surface area contributed by atoms with Gasteiger partial charge in [0.15, 0.2) is 9.84 Å². The molecule has 1 aromatic heterocycles. The number of hydrogen-bond acceptors (Lipinski definition) is 4. The molecular formula is C17H20FN3O3S. The van der Waals surface area contributed by atoms with E-state index < -0.39 is 27.6 Å². The monoisotopic (exact) mass is 365 g/mol. The molecule has 2 unspecified atom stereocenters. The van der Waals surface area contributed by atoms with E-state index >= 15 is 0 Å². The summed E-state index contributed by atoms with van der Waals surface area (Å²) in [5.74, 6) is -1.36. The van der Waals surface area contributed by atoms with Gasteiger partial charge in [0.2, 0.25) is 5.91 Å². The van der Waals surface area contributed by atoms with E-state index in [-0.39, 0.29) is 24.0 Å². The molecule has 2 aromatic rings. The summed E-state index contributed by atoms with van der Waals surface area (Å²) in [6, 6.07) is 5.35. The van der Waals surface area contributed by atoms with Gasteiger partial charge in [-0.1, -0.05) is 12.1 Å². The summed E-state index contributed by atoms with van der Waals surface area (Å²) in [7, 11) is -1.49. The summed E-state index contributed by atoms with van der Waals surface area (Å²) >= 11 is 0. The van der Waals surface area contributed by atoms with Gasteiger partial charge >= 0.3 is 0 Å². The third-order valence-corrected chi connectivity index (χ3v) is 6.17. The van der Waals surface area contributed by atoms with Crippen molar-refractivity contribution >= 4 is 15.7 Å². The number of benzene rings is 1. The highest BCUT2D eigenvalue weighted by atomic mass is 32.2. The second-order valence-corrected chi connectivity index (χ2v) is 8.61.